The van der Waals surface area contributed by atoms with E-state index in [1.54, 1.807) is 0 Å². The summed E-state index contributed by atoms with van der Waals surface area (Å²) in [5.41, 5.74) is 5.08. The number of amidine groups is 1. The van der Waals surface area contributed by atoms with E-state index in [4.69, 9.17) is 10.9 Å². The minimum Gasteiger partial charge on any atom is -0.409 e. The standard InChI is InChI=1S/C6H13N3O2/c1-2-3-8-6(10)4-5(7)9-11/h11H,2-4H2,1H3,(H2,7,9)(H,8,10). The molecular formula is C6H13N3O2. The molecule has 0 unspecified atom stereocenters. The molecule has 0 atom stereocenters. The van der Waals surface area contributed by atoms with E-state index in [-0.39, 0.29) is 18.2 Å². The number of carbonyl (C=O) groups excluding carboxylic acids is 1. The van der Waals surface area contributed by atoms with Crippen LogP contribution in [0.2, 0.25) is 0 Å². The molecule has 0 aromatic rings. The minimum absolute atomic E-state index is 0.0451. The zero-order chi connectivity index (χ0) is 8.69. The van der Waals surface area contributed by atoms with Gasteiger partial charge in [-0.3, -0.25) is 4.79 Å². The molecule has 0 heterocycles. The number of nitrogens with two attached hydrogens (primary N) is 1. The number of oxime groups is 1. The third kappa shape index (κ3) is 5.20. The van der Waals surface area contributed by atoms with E-state index in [0.717, 1.165) is 6.42 Å². The van der Waals surface area contributed by atoms with Crippen molar-refractivity contribution in [2.75, 3.05) is 6.54 Å². The van der Waals surface area contributed by atoms with Crippen LogP contribution in [0.15, 0.2) is 5.16 Å². The molecule has 0 spiro atoms. The molecule has 0 saturated heterocycles. The first-order chi connectivity index (χ1) is 5.20. The molecule has 5 nitrogen and oxygen atoms in total. The van der Waals surface area contributed by atoms with Gasteiger partial charge in [0.05, 0.1) is 6.42 Å². The van der Waals surface area contributed by atoms with Gasteiger partial charge in [-0.2, -0.15) is 0 Å². The first-order valence-electron chi connectivity index (χ1n) is 3.43. The number of amides is 1. The van der Waals surface area contributed by atoms with Crippen LogP contribution < -0.4 is 11.1 Å². The quantitative estimate of drug-likeness (QED) is 0.227. The van der Waals surface area contributed by atoms with Crippen LogP contribution >= 0.6 is 0 Å². The Hall–Kier alpha value is -1.26. The number of nitrogens with zero attached hydrogens (tertiary/aromatic N) is 1. The average molecular weight is 159 g/mol. The molecular weight excluding hydrogens is 146 g/mol. The summed E-state index contributed by atoms with van der Waals surface area (Å²) >= 11 is 0. The fourth-order valence-electron chi connectivity index (χ4n) is 0.527. The van der Waals surface area contributed by atoms with Crippen molar-refractivity contribution in [3.63, 3.8) is 0 Å². The van der Waals surface area contributed by atoms with Crippen LogP contribution in [0.5, 0.6) is 0 Å². The van der Waals surface area contributed by atoms with E-state index in [2.05, 4.69) is 10.5 Å². The van der Waals surface area contributed by atoms with Gasteiger partial charge in [0.2, 0.25) is 5.91 Å². The fourth-order valence-corrected chi connectivity index (χ4v) is 0.527. The van der Waals surface area contributed by atoms with Crippen molar-refractivity contribution >= 4 is 11.7 Å². The van der Waals surface area contributed by atoms with Gasteiger partial charge in [-0.25, -0.2) is 0 Å². The lowest BCUT2D eigenvalue weighted by molar-refractivity contribution is -0.119. The Balaban J connectivity index is 3.53. The molecule has 0 aliphatic rings. The average Bonchev–Trinajstić information content (AvgIpc) is 2.00. The Morgan fingerprint density at radius 3 is 2.82 bits per heavy atom. The SMILES string of the molecule is CCCNC(=O)C/C(N)=N/O. The summed E-state index contributed by atoms with van der Waals surface area (Å²) in [6.07, 6.45) is 0.832. The predicted octanol–water partition coefficient (Wildman–Crippen LogP) is -0.351. The number of nitrogens with one attached hydrogen (secondary N) is 1. The van der Waals surface area contributed by atoms with Gasteiger partial charge in [-0.05, 0) is 6.42 Å². The summed E-state index contributed by atoms with van der Waals surface area (Å²) in [4.78, 5) is 10.8. The highest BCUT2D eigenvalue weighted by atomic mass is 16.4. The van der Waals surface area contributed by atoms with Gasteiger partial charge >= 0.3 is 0 Å². The Morgan fingerprint density at radius 2 is 2.36 bits per heavy atom. The molecule has 11 heavy (non-hydrogen) atoms. The summed E-state index contributed by atoms with van der Waals surface area (Å²) < 4.78 is 0. The number of hydrogen-bond donors (Lipinski definition) is 3. The maximum absolute atomic E-state index is 10.8. The molecule has 4 N–H and O–H groups in total. The van der Waals surface area contributed by atoms with E-state index in [9.17, 15) is 4.79 Å². The largest absolute Gasteiger partial charge is 0.409 e. The normalized spacial score (nSPS) is 11.2. The van der Waals surface area contributed by atoms with Gasteiger partial charge in [-0.1, -0.05) is 12.1 Å². The molecule has 0 aromatic carbocycles. The third-order valence-electron chi connectivity index (χ3n) is 1.04. The lowest BCUT2D eigenvalue weighted by atomic mass is 10.3. The first-order valence-corrected chi connectivity index (χ1v) is 3.43. The van der Waals surface area contributed by atoms with Crippen molar-refractivity contribution in [2.24, 2.45) is 10.9 Å². The number of rotatable bonds is 4. The molecule has 0 fully saturated rings. The van der Waals surface area contributed by atoms with Crippen molar-refractivity contribution in [3.8, 4) is 0 Å². The molecule has 0 aromatic heterocycles. The van der Waals surface area contributed by atoms with Crippen LogP contribution in [0.3, 0.4) is 0 Å². The lowest BCUT2D eigenvalue weighted by Gasteiger charge is -2.00. The van der Waals surface area contributed by atoms with Crippen LogP contribution in [0.25, 0.3) is 0 Å². The van der Waals surface area contributed by atoms with Crippen LogP contribution in [-0.2, 0) is 4.79 Å². The Kier molecular flexibility index (Phi) is 4.89. The summed E-state index contributed by atoms with van der Waals surface area (Å²) in [5, 5.41) is 13.3. The summed E-state index contributed by atoms with van der Waals surface area (Å²) in [6.45, 7) is 2.57. The van der Waals surface area contributed by atoms with Gasteiger partial charge < -0.3 is 16.3 Å². The highest BCUT2D eigenvalue weighted by molar-refractivity contribution is 5.98. The highest BCUT2D eigenvalue weighted by Gasteiger charge is 2.02. The fraction of sp³-hybridized carbons (Fsp3) is 0.667. The highest BCUT2D eigenvalue weighted by Crippen LogP contribution is 1.80. The maximum Gasteiger partial charge on any atom is 0.227 e. The topological polar surface area (TPSA) is 87.7 Å². The second kappa shape index (κ2) is 5.52. The van der Waals surface area contributed by atoms with Crippen LogP contribution in [-0.4, -0.2) is 23.5 Å². The van der Waals surface area contributed by atoms with Crippen molar-refractivity contribution in [1.82, 2.24) is 5.32 Å². The number of hydrogen-bond acceptors (Lipinski definition) is 3. The second-order valence-electron chi connectivity index (χ2n) is 2.12. The van der Waals surface area contributed by atoms with E-state index in [1.165, 1.54) is 0 Å². The third-order valence-corrected chi connectivity index (χ3v) is 1.04. The van der Waals surface area contributed by atoms with E-state index >= 15 is 0 Å². The van der Waals surface area contributed by atoms with Crippen molar-refractivity contribution in [3.05, 3.63) is 0 Å². The summed E-state index contributed by atoms with van der Waals surface area (Å²) in [5.74, 6) is -0.291. The molecule has 0 bridgehead atoms. The molecule has 64 valence electrons. The zero-order valence-corrected chi connectivity index (χ0v) is 6.50. The van der Waals surface area contributed by atoms with Crippen molar-refractivity contribution < 1.29 is 10.0 Å². The molecule has 0 aliphatic carbocycles. The molecule has 1 amide bonds. The van der Waals surface area contributed by atoms with Crippen molar-refractivity contribution in [1.29, 1.82) is 0 Å². The zero-order valence-electron chi connectivity index (χ0n) is 6.50. The summed E-state index contributed by atoms with van der Waals surface area (Å²) in [7, 11) is 0. The molecule has 0 aliphatic heterocycles. The Bertz CT molecular complexity index is 156. The first kappa shape index (κ1) is 9.74. The van der Waals surface area contributed by atoms with Gasteiger partial charge in [0.1, 0.15) is 5.84 Å². The predicted molar refractivity (Wildman–Crippen MR) is 41.3 cm³/mol. The second-order valence-corrected chi connectivity index (χ2v) is 2.12. The maximum atomic E-state index is 10.8. The number of carbonyl (C=O) groups is 1. The minimum atomic E-state index is -0.220. The Morgan fingerprint density at radius 1 is 1.73 bits per heavy atom. The molecule has 0 rings (SSSR count). The lowest BCUT2D eigenvalue weighted by Crippen LogP contribution is -2.29. The summed E-state index contributed by atoms with van der Waals surface area (Å²) in [6, 6.07) is 0. The Labute approximate surface area is 65.3 Å². The molecule has 0 radical (unpaired) electrons. The molecule has 0 saturated carbocycles. The van der Waals surface area contributed by atoms with Gasteiger partial charge in [-0.15, -0.1) is 0 Å². The van der Waals surface area contributed by atoms with Gasteiger partial charge in [0, 0.05) is 6.54 Å². The van der Waals surface area contributed by atoms with Crippen LogP contribution in [0.1, 0.15) is 19.8 Å². The van der Waals surface area contributed by atoms with E-state index < -0.39 is 0 Å². The van der Waals surface area contributed by atoms with E-state index in [0.29, 0.717) is 6.54 Å². The van der Waals surface area contributed by atoms with Gasteiger partial charge in [0.15, 0.2) is 0 Å². The molecule has 5 heteroatoms. The van der Waals surface area contributed by atoms with Crippen LogP contribution in [0.4, 0.5) is 0 Å². The smallest absolute Gasteiger partial charge is 0.227 e. The monoisotopic (exact) mass is 159 g/mol. The van der Waals surface area contributed by atoms with Crippen LogP contribution in [0, 0.1) is 0 Å². The van der Waals surface area contributed by atoms with E-state index in [1.807, 2.05) is 6.92 Å². The van der Waals surface area contributed by atoms with Crippen molar-refractivity contribution in [2.45, 2.75) is 19.8 Å². The van der Waals surface area contributed by atoms with Gasteiger partial charge in [0.25, 0.3) is 0 Å².